The van der Waals surface area contributed by atoms with Gasteiger partial charge in [-0.2, -0.15) is 0 Å². The lowest BCUT2D eigenvalue weighted by Crippen LogP contribution is -2.37. The van der Waals surface area contributed by atoms with Gasteiger partial charge >= 0.3 is 5.69 Å². The van der Waals surface area contributed by atoms with Crippen molar-refractivity contribution in [1.82, 2.24) is 18.7 Å². The quantitative estimate of drug-likeness (QED) is 0.684. The van der Waals surface area contributed by atoms with Crippen LogP contribution in [0, 0.1) is 0 Å². The number of anilines is 1. The average molecular weight is 354 g/mol. The SMILES string of the molecule is C=C(N)c1ccc(NC(=O)Cn2cnc3c2c(=O)n(C)c(=O)n3C)cc1. The average Bonchev–Trinajstić information content (AvgIpc) is 3.02. The van der Waals surface area contributed by atoms with Crippen LogP contribution in [-0.2, 0) is 25.4 Å². The topological polar surface area (TPSA) is 117 Å². The number of nitrogens with two attached hydrogens (primary N) is 1. The van der Waals surface area contributed by atoms with Crippen molar-refractivity contribution in [2.45, 2.75) is 6.54 Å². The molecule has 1 aromatic carbocycles. The van der Waals surface area contributed by atoms with Gasteiger partial charge in [0.05, 0.1) is 6.33 Å². The molecule has 0 aliphatic heterocycles. The summed E-state index contributed by atoms with van der Waals surface area (Å²) in [6, 6.07) is 6.91. The molecule has 134 valence electrons. The number of nitrogens with zero attached hydrogens (tertiary/aromatic N) is 4. The number of benzene rings is 1. The molecule has 0 atom stereocenters. The van der Waals surface area contributed by atoms with Gasteiger partial charge in [-0.3, -0.25) is 18.7 Å². The minimum Gasteiger partial charge on any atom is -0.399 e. The Hall–Kier alpha value is -3.62. The summed E-state index contributed by atoms with van der Waals surface area (Å²) < 4.78 is 3.67. The molecule has 3 rings (SSSR count). The zero-order chi connectivity index (χ0) is 19.0. The van der Waals surface area contributed by atoms with Crippen molar-refractivity contribution in [1.29, 1.82) is 0 Å². The minimum atomic E-state index is -0.501. The molecule has 2 aromatic heterocycles. The number of hydrogen-bond donors (Lipinski definition) is 2. The summed E-state index contributed by atoms with van der Waals surface area (Å²) in [6.45, 7) is 3.53. The van der Waals surface area contributed by atoms with Crippen molar-refractivity contribution in [2.75, 3.05) is 5.32 Å². The van der Waals surface area contributed by atoms with Gasteiger partial charge in [-0.05, 0) is 17.7 Å². The van der Waals surface area contributed by atoms with E-state index in [9.17, 15) is 14.4 Å². The summed E-state index contributed by atoms with van der Waals surface area (Å²) in [5, 5.41) is 2.74. The fourth-order valence-corrected chi connectivity index (χ4v) is 2.64. The minimum absolute atomic E-state index is 0.116. The number of aryl methyl sites for hydroxylation is 1. The molecule has 0 saturated carbocycles. The number of rotatable bonds is 4. The van der Waals surface area contributed by atoms with E-state index in [4.69, 9.17) is 5.73 Å². The van der Waals surface area contributed by atoms with E-state index in [1.807, 2.05) is 0 Å². The van der Waals surface area contributed by atoms with Gasteiger partial charge in [0.1, 0.15) is 6.54 Å². The van der Waals surface area contributed by atoms with E-state index in [2.05, 4.69) is 16.9 Å². The first-order chi connectivity index (χ1) is 12.3. The predicted octanol–water partition coefficient (Wildman–Crippen LogP) is 0.00180. The van der Waals surface area contributed by atoms with Crippen molar-refractivity contribution in [3.8, 4) is 0 Å². The molecule has 9 heteroatoms. The van der Waals surface area contributed by atoms with Gasteiger partial charge < -0.3 is 15.6 Å². The Labute approximate surface area is 148 Å². The van der Waals surface area contributed by atoms with Crippen molar-refractivity contribution in [3.63, 3.8) is 0 Å². The van der Waals surface area contributed by atoms with Crippen LogP contribution in [0.15, 0.2) is 46.8 Å². The highest BCUT2D eigenvalue weighted by atomic mass is 16.2. The number of aromatic nitrogens is 4. The van der Waals surface area contributed by atoms with Crippen LogP contribution < -0.4 is 22.3 Å². The number of amides is 1. The lowest BCUT2D eigenvalue weighted by atomic mass is 10.1. The van der Waals surface area contributed by atoms with Crippen LogP contribution in [0.2, 0.25) is 0 Å². The number of hydrogen-bond acceptors (Lipinski definition) is 5. The highest BCUT2D eigenvalue weighted by molar-refractivity contribution is 5.91. The molecular weight excluding hydrogens is 336 g/mol. The van der Waals surface area contributed by atoms with Crippen LogP contribution in [0.4, 0.5) is 5.69 Å². The Morgan fingerprint density at radius 3 is 2.46 bits per heavy atom. The van der Waals surface area contributed by atoms with E-state index < -0.39 is 11.2 Å². The largest absolute Gasteiger partial charge is 0.399 e. The van der Waals surface area contributed by atoms with E-state index >= 15 is 0 Å². The summed E-state index contributed by atoms with van der Waals surface area (Å²) in [7, 11) is 2.91. The third-order valence-electron chi connectivity index (χ3n) is 4.07. The summed E-state index contributed by atoms with van der Waals surface area (Å²) in [5.41, 5.74) is 6.86. The van der Waals surface area contributed by atoms with Gasteiger partial charge in [-0.25, -0.2) is 9.78 Å². The zero-order valence-corrected chi connectivity index (χ0v) is 14.4. The molecule has 2 heterocycles. The van der Waals surface area contributed by atoms with Crippen LogP contribution in [0.3, 0.4) is 0 Å². The number of nitrogens with one attached hydrogen (secondary N) is 1. The summed E-state index contributed by atoms with van der Waals surface area (Å²) >= 11 is 0. The summed E-state index contributed by atoms with van der Waals surface area (Å²) in [4.78, 5) is 40.7. The molecule has 1 amide bonds. The van der Waals surface area contributed by atoms with Crippen LogP contribution in [0.25, 0.3) is 16.9 Å². The highest BCUT2D eigenvalue weighted by Crippen LogP contribution is 2.13. The molecule has 3 aromatic rings. The van der Waals surface area contributed by atoms with Gasteiger partial charge in [0.25, 0.3) is 5.56 Å². The Morgan fingerprint density at radius 1 is 1.19 bits per heavy atom. The summed E-state index contributed by atoms with van der Waals surface area (Å²) in [6.07, 6.45) is 1.37. The molecule has 3 N–H and O–H groups in total. The molecule has 9 nitrogen and oxygen atoms in total. The third-order valence-corrected chi connectivity index (χ3v) is 4.07. The van der Waals surface area contributed by atoms with Gasteiger partial charge in [0, 0.05) is 25.5 Å². The van der Waals surface area contributed by atoms with E-state index in [1.54, 1.807) is 24.3 Å². The van der Waals surface area contributed by atoms with Gasteiger partial charge in [-0.1, -0.05) is 18.7 Å². The number of imidazole rings is 1. The first-order valence-corrected chi connectivity index (χ1v) is 7.75. The maximum atomic E-state index is 12.4. The second kappa shape index (κ2) is 6.36. The fourth-order valence-electron chi connectivity index (χ4n) is 2.64. The molecule has 0 saturated heterocycles. The molecule has 0 radical (unpaired) electrons. The van der Waals surface area contributed by atoms with E-state index in [0.717, 1.165) is 10.1 Å². The van der Waals surface area contributed by atoms with E-state index in [0.29, 0.717) is 11.4 Å². The molecule has 0 aliphatic carbocycles. The first kappa shape index (κ1) is 17.2. The third kappa shape index (κ3) is 2.90. The normalized spacial score (nSPS) is 10.8. The fraction of sp³-hybridized carbons (Fsp3) is 0.176. The zero-order valence-electron chi connectivity index (χ0n) is 14.4. The van der Waals surface area contributed by atoms with Crippen molar-refractivity contribution >= 4 is 28.5 Å². The van der Waals surface area contributed by atoms with Crippen molar-refractivity contribution in [3.05, 3.63) is 63.6 Å². The summed E-state index contributed by atoms with van der Waals surface area (Å²) in [5.74, 6) is -0.334. The molecule has 0 unspecified atom stereocenters. The molecule has 26 heavy (non-hydrogen) atoms. The molecule has 0 bridgehead atoms. The Balaban J connectivity index is 1.87. The molecule has 0 fully saturated rings. The van der Waals surface area contributed by atoms with Gasteiger partial charge in [0.15, 0.2) is 11.2 Å². The monoisotopic (exact) mass is 354 g/mol. The molecular formula is C17H18N6O3. The smallest absolute Gasteiger partial charge is 0.332 e. The Kier molecular flexibility index (Phi) is 4.21. The number of carbonyl (C=O) groups is 1. The lowest BCUT2D eigenvalue weighted by Gasteiger charge is -2.08. The van der Waals surface area contributed by atoms with Crippen molar-refractivity contribution < 1.29 is 4.79 Å². The molecule has 0 aliphatic rings. The van der Waals surface area contributed by atoms with Crippen LogP contribution in [-0.4, -0.2) is 24.6 Å². The maximum absolute atomic E-state index is 12.4. The maximum Gasteiger partial charge on any atom is 0.332 e. The first-order valence-electron chi connectivity index (χ1n) is 7.75. The van der Waals surface area contributed by atoms with Gasteiger partial charge in [0.2, 0.25) is 5.91 Å². The number of carbonyl (C=O) groups excluding carboxylic acids is 1. The second-order valence-corrected chi connectivity index (χ2v) is 5.90. The molecule has 0 spiro atoms. The highest BCUT2D eigenvalue weighted by Gasteiger charge is 2.16. The number of fused-ring (bicyclic) bond motifs is 1. The van der Waals surface area contributed by atoms with Crippen LogP contribution >= 0.6 is 0 Å². The predicted molar refractivity (Wildman–Crippen MR) is 98.5 cm³/mol. The van der Waals surface area contributed by atoms with Crippen molar-refractivity contribution in [2.24, 2.45) is 19.8 Å². The Morgan fingerprint density at radius 2 is 1.85 bits per heavy atom. The standard InChI is InChI=1S/C17H18N6O3/c1-10(18)11-4-6-12(7-5-11)20-13(24)8-23-9-19-15-14(23)16(25)22(3)17(26)21(15)2/h4-7,9H,1,8,18H2,2-3H3,(H,20,24). The Bertz CT molecular complexity index is 1130. The van der Waals surface area contributed by atoms with Crippen LogP contribution in [0.1, 0.15) is 5.56 Å². The second-order valence-electron chi connectivity index (χ2n) is 5.90. The lowest BCUT2D eigenvalue weighted by molar-refractivity contribution is -0.116. The van der Waals surface area contributed by atoms with Crippen LogP contribution in [0.5, 0.6) is 0 Å². The van der Waals surface area contributed by atoms with E-state index in [1.165, 1.54) is 29.6 Å². The van der Waals surface area contributed by atoms with Gasteiger partial charge in [-0.15, -0.1) is 0 Å². The van der Waals surface area contributed by atoms with E-state index in [-0.39, 0.29) is 23.6 Å².